The summed E-state index contributed by atoms with van der Waals surface area (Å²) in [5.74, 6) is -0.256. The zero-order chi connectivity index (χ0) is 15.9. The van der Waals surface area contributed by atoms with Gasteiger partial charge in [-0.05, 0) is 24.6 Å². The summed E-state index contributed by atoms with van der Waals surface area (Å²) in [6.45, 7) is 2.34. The topological polar surface area (TPSA) is 75.4 Å². The second-order valence-electron chi connectivity index (χ2n) is 4.67. The van der Waals surface area contributed by atoms with Gasteiger partial charge in [0.1, 0.15) is 12.8 Å². The van der Waals surface area contributed by atoms with Gasteiger partial charge in [-0.1, -0.05) is 29.7 Å². The van der Waals surface area contributed by atoms with Crippen LogP contribution < -0.4 is 5.32 Å². The molecule has 2 aromatic rings. The van der Waals surface area contributed by atoms with E-state index in [2.05, 4.69) is 15.0 Å². The van der Waals surface area contributed by atoms with E-state index in [9.17, 15) is 9.59 Å². The number of rotatable bonds is 6. The minimum absolute atomic E-state index is 0.0634. The van der Waals surface area contributed by atoms with Gasteiger partial charge in [0, 0.05) is 23.2 Å². The van der Waals surface area contributed by atoms with Crippen molar-refractivity contribution >= 4 is 29.2 Å². The first-order chi connectivity index (χ1) is 10.6. The molecule has 0 aliphatic heterocycles. The highest BCUT2D eigenvalue weighted by atomic mass is 35.5. The molecule has 0 saturated carbocycles. The Morgan fingerprint density at radius 1 is 1.36 bits per heavy atom. The van der Waals surface area contributed by atoms with Gasteiger partial charge >= 0.3 is 0 Å². The van der Waals surface area contributed by atoms with Gasteiger partial charge in [-0.25, -0.2) is 0 Å². The highest BCUT2D eigenvalue weighted by Gasteiger charge is 2.18. The lowest BCUT2D eigenvalue weighted by Crippen LogP contribution is -2.38. The van der Waals surface area contributed by atoms with Gasteiger partial charge in [0.25, 0.3) is 5.91 Å². The average Bonchev–Trinajstić information content (AvgIpc) is 2.99. The molecule has 0 saturated heterocycles. The molecular weight excluding hydrogens is 306 g/mol. The first-order valence-corrected chi connectivity index (χ1v) is 7.23. The fourth-order valence-corrected chi connectivity index (χ4v) is 2.15. The minimum Gasteiger partial charge on any atom is -0.363 e. The minimum atomic E-state index is -0.335. The van der Waals surface area contributed by atoms with Crippen LogP contribution in [0.2, 0.25) is 5.02 Å². The number of nitrogens with one attached hydrogen (secondary N) is 1. The van der Waals surface area contributed by atoms with Crippen LogP contribution in [0.5, 0.6) is 0 Å². The molecule has 0 fully saturated rings. The van der Waals surface area contributed by atoms with E-state index in [0.717, 1.165) is 6.42 Å². The lowest BCUT2D eigenvalue weighted by Gasteiger charge is -2.21. The molecule has 2 rings (SSSR count). The van der Waals surface area contributed by atoms with E-state index < -0.39 is 0 Å². The van der Waals surface area contributed by atoms with Crippen LogP contribution in [0.3, 0.4) is 0 Å². The van der Waals surface area contributed by atoms with Crippen molar-refractivity contribution in [2.75, 3.05) is 18.4 Å². The molecule has 0 unspecified atom stereocenters. The van der Waals surface area contributed by atoms with Crippen molar-refractivity contribution in [1.29, 1.82) is 0 Å². The Balaban J connectivity index is 2.05. The largest absolute Gasteiger partial charge is 0.363 e. The summed E-state index contributed by atoms with van der Waals surface area (Å²) < 4.78 is 4.64. The Hall–Kier alpha value is -2.34. The lowest BCUT2D eigenvalue weighted by atomic mass is 10.2. The maximum Gasteiger partial charge on any atom is 0.254 e. The molecular formula is C15H16ClN3O3. The molecule has 0 aliphatic carbocycles. The average molecular weight is 322 g/mol. The fourth-order valence-electron chi connectivity index (χ4n) is 1.96. The van der Waals surface area contributed by atoms with E-state index in [-0.39, 0.29) is 18.4 Å². The monoisotopic (exact) mass is 321 g/mol. The van der Waals surface area contributed by atoms with Crippen molar-refractivity contribution in [3.63, 3.8) is 0 Å². The fraction of sp³-hybridized carbons (Fsp3) is 0.267. The van der Waals surface area contributed by atoms with E-state index >= 15 is 0 Å². The predicted molar refractivity (Wildman–Crippen MR) is 82.8 cm³/mol. The summed E-state index contributed by atoms with van der Waals surface area (Å²) in [5, 5.41) is 6.64. The standard InChI is InChI=1S/C15H16ClN3O3/c1-2-7-19(10-14(20)17-13-6-8-22-18-13)15(21)11-4-3-5-12(16)9-11/h3-6,8-9H,2,7,10H2,1H3,(H,17,18,20). The molecule has 7 heteroatoms. The highest BCUT2D eigenvalue weighted by molar-refractivity contribution is 6.31. The molecule has 0 bridgehead atoms. The summed E-state index contributed by atoms with van der Waals surface area (Å²) in [6, 6.07) is 8.18. The molecule has 0 atom stereocenters. The number of aromatic nitrogens is 1. The summed E-state index contributed by atoms with van der Waals surface area (Å²) in [6.07, 6.45) is 2.10. The molecule has 1 N–H and O–H groups in total. The summed E-state index contributed by atoms with van der Waals surface area (Å²) in [7, 11) is 0. The number of amides is 2. The number of carbonyl (C=O) groups excluding carboxylic acids is 2. The summed E-state index contributed by atoms with van der Waals surface area (Å²) in [4.78, 5) is 25.9. The molecule has 1 heterocycles. The van der Waals surface area contributed by atoms with Crippen LogP contribution in [0.4, 0.5) is 5.82 Å². The Morgan fingerprint density at radius 2 is 2.18 bits per heavy atom. The Bertz CT molecular complexity index is 643. The van der Waals surface area contributed by atoms with Gasteiger partial charge in [-0.2, -0.15) is 0 Å². The van der Waals surface area contributed by atoms with Crippen LogP contribution in [-0.2, 0) is 4.79 Å². The molecule has 2 amide bonds. The third-order valence-corrected chi connectivity index (χ3v) is 3.13. The molecule has 0 aliphatic rings. The van der Waals surface area contributed by atoms with Gasteiger partial charge in [-0.15, -0.1) is 0 Å². The molecule has 6 nitrogen and oxygen atoms in total. The van der Waals surface area contributed by atoms with E-state index in [1.54, 1.807) is 24.3 Å². The quantitative estimate of drug-likeness (QED) is 0.887. The number of anilines is 1. The first kappa shape index (κ1) is 16.0. The number of hydrogen-bond donors (Lipinski definition) is 1. The van der Waals surface area contributed by atoms with Crippen LogP contribution in [0.1, 0.15) is 23.7 Å². The molecule has 1 aromatic heterocycles. The Kier molecular flexibility index (Phi) is 5.55. The molecule has 0 radical (unpaired) electrons. The van der Waals surface area contributed by atoms with Gasteiger partial charge in [-0.3, -0.25) is 9.59 Å². The third kappa shape index (κ3) is 4.33. The second kappa shape index (κ2) is 7.61. The second-order valence-corrected chi connectivity index (χ2v) is 5.11. The number of carbonyl (C=O) groups is 2. The van der Waals surface area contributed by atoms with Crippen LogP contribution in [0, 0.1) is 0 Å². The molecule has 1 aromatic carbocycles. The number of nitrogens with zero attached hydrogens (tertiary/aromatic N) is 2. The van der Waals surface area contributed by atoms with Crippen molar-refractivity contribution < 1.29 is 14.1 Å². The Morgan fingerprint density at radius 3 is 2.82 bits per heavy atom. The third-order valence-electron chi connectivity index (χ3n) is 2.89. The van der Waals surface area contributed by atoms with Crippen molar-refractivity contribution in [2.24, 2.45) is 0 Å². The zero-order valence-corrected chi connectivity index (χ0v) is 12.8. The van der Waals surface area contributed by atoms with Crippen molar-refractivity contribution in [3.8, 4) is 0 Å². The number of hydrogen-bond acceptors (Lipinski definition) is 4. The molecule has 116 valence electrons. The van der Waals surface area contributed by atoms with E-state index in [1.165, 1.54) is 17.2 Å². The first-order valence-electron chi connectivity index (χ1n) is 6.85. The van der Waals surface area contributed by atoms with Crippen LogP contribution in [-0.4, -0.2) is 35.0 Å². The summed E-state index contributed by atoms with van der Waals surface area (Å²) in [5.41, 5.74) is 0.454. The number of halogens is 1. The maximum absolute atomic E-state index is 12.5. The SMILES string of the molecule is CCCN(CC(=O)Nc1ccon1)C(=O)c1cccc(Cl)c1. The van der Waals surface area contributed by atoms with Crippen molar-refractivity contribution in [2.45, 2.75) is 13.3 Å². The van der Waals surface area contributed by atoms with Crippen molar-refractivity contribution in [1.82, 2.24) is 10.1 Å². The summed E-state index contributed by atoms with van der Waals surface area (Å²) >= 11 is 5.90. The van der Waals surface area contributed by atoms with Crippen LogP contribution in [0.15, 0.2) is 41.1 Å². The number of benzene rings is 1. The highest BCUT2D eigenvalue weighted by Crippen LogP contribution is 2.13. The molecule has 22 heavy (non-hydrogen) atoms. The maximum atomic E-state index is 12.5. The van der Waals surface area contributed by atoms with Crippen molar-refractivity contribution in [3.05, 3.63) is 47.2 Å². The van der Waals surface area contributed by atoms with Gasteiger partial charge in [0.05, 0.1) is 0 Å². The normalized spacial score (nSPS) is 10.3. The smallest absolute Gasteiger partial charge is 0.254 e. The van der Waals surface area contributed by atoms with E-state index in [1.807, 2.05) is 6.92 Å². The van der Waals surface area contributed by atoms with Crippen LogP contribution >= 0.6 is 11.6 Å². The van der Waals surface area contributed by atoms with Gasteiger partial charge < -0.3 is 14.7 Å². The molecule has 0 spiro atoms. The van der Waals surface area contributed by atoms with Gasteiger partial charge in [0.15, 0.2) is 5.82 Å². The van der Waals surface area contributed by atoms with Gasteiger partial charge in [0.2, 0.25) is 5.91 Å². The zero-order valence-electron chi connectivity index (χ0n) is 12.1. The van der Waals surface area contributed by atoms with E-state index in [4.69, 9.17) is 11.6 Å². The van der Waals surface area contributed by atoms with E-state index in [0.29, 0.717) is 22.9 Å². The lowest BCUT2D eigenvalue weighted by molar-refractivity contribution is -0.116. The predicted octanol–water partition coefficient (Wildman–Crippen LogP) is 2.82. The Labute approximate surface area is 133 Å². The van der Waals surface area contributed by atoms with Crippen LogP contribution in [0.25, 0.3) is 0 Å².